The first-order chi connectivity index (χ1) is 12.6. The summed E-state index contributed by atoms with van der Waals surface area (Å²) in [6.45, 7) is 2.67. The van der Waals surface area contributed by atoms with Crippen LogP contribution in [0.5, 0.6) is 0 Å². The fourth-order valence-electron chi connectivity index (χ4n) is 3.14. The van der Waals surface area contributed by atoms with Crippen molar-refractivity contribution in [3.05, 3.63) is 68.6 Å². The normalized spacial score (nSPS) is 18.2. The van der Waals surface area contributed by atoms with E-state index in [4.69, 9.17) is 4.74 Å². The number of ketones is 1. The zero-order chi connectivity index (χ0) is 18.1. The van der Waals surface area contributed by atoms with Gasteiger partial charge in [0.15, 0.2) is 0 Å². The van der Waals surface area contributed by atoms with Gasteiger partial charge in [0, 0.05) is 46.9 Å². The second-order valence-corrected chi connectivity index (χ2v) is 7.12. The molecule has 0 bridgehead atoms. The van der Waals surface area contributed by atoms with Gasteiger partial charge in [0.25, 0.3) is 5.69 Å². The maximum absolute atomic E-state index is 12.7. The number of anilines is 1. The third-order valence-electron chi connectivity index (χ3n) is 4.44. The van der Waals surface area contributed by atoms with Gasteiger partial charge in [0.1, 0.15) is 0 Å². The fourth-order valence-corrected chi connectivity index (χ4v) is 4.18. The number of fused-ring (bicyclic) bond motifs is 1. The standard InChI is InChI=1S/C19H16N2O4S/c22-19-15-3-1-2-4-17(15)26-18(19)12-13-11-14(21(23)24)5-6-16(13)20-7-9-25-10-8-20/h1-6,11-12H,7-10H2/b18-12+. The Bertz CT molecular complexity index is 920. The van der Waals surface area contributed by atoms with E-state index in [0.717, 1.165) is 23.7 Å². The Morgan fingerprint density at radius 2 is 1.92 bits per heavy atom. The number of hydrogen-bond donors (Lipinski definition) is 0. The first-order valence-electron chi connectivity index (χ1n) is 8.28. The van der Waals surface area contributed by atoms with Gasteiger partial charge >= 0.3 is 0 Å². The molecule has 26 heavy (non-hydrogen) atoms. The minimum atomic E-state index is -0.413. The highest BCUT2D eigenvalue weighted by Crippen LogP contribution is 2.41. The Morgan fingerprint density at radius 3 is 2.65 bits per heavy atom. The van der Waals surface area contributed by atoms with Gasteiger partial charge in [0.05, 0.1) is 23.0 Å². The number of carbonyl (C=O) groups is 1. The summed E-state index contributed by atoms with van der Waals surface area (Å²) < 4.78 is 5.39. The molecule has 0 aromatic heterocycles. The average Bonchev–Trinajstić information content (AvgIpc) is 2.98. The van der Waals surface area contributed by atoms with Gasteiger partial charge in [-0.2, -0.15) is 0 Å². The topological polar surface area (TPSA) is 72.7 Å². The molecule has 0 spiro atoms. The van der Waals surface area contributed by atoms with Crippen LogP contribution in [0.3, 0.4) is 0 Å². The molecule has 132 valence electrons. The minimum Gasteiger partial charge on any atom is -0.378 e. The molecule has 0 unspecified atom stereocenters. The van der Waals surface area contributed by atoms with Crippen LogP contribution in [0.4, 0.5) is 11.4 Å². The van der Waals surface area contributed by atoms with Crippen molar-refractivity contribution in [2.45, 2.75) is 4.90 Å². The summed E-state index contributed by atoms with van der Waals surface area (Å²) in [4.78, 5) is 27.1. The van der Waals surface area contributed by atoms with E-state index in [9.17, 15) is 14.9 Å². The summed E-state index contributed by atoms with van der Waals surface area (Å²) in [6, 6.07) is 12.3. The van der Waals surface area contributed by atoms with Crippen LogP contribution in [0, 0.1) is 10.1 Å². The van der Waals surface area contributed by atoms with Gasteiger partial charge in [-0.05, 0) is 24.3 Å². The SMILES string of the molecule is O=C1/C(=C\c2cc([N+](=O)[O-])ccc2N2CCOCC2)Sc2ccccc21. The number of benzene rings is 2. The molecule has 2 aromatic carbocycles. The van der Waals surface area contributed by atoms with Gasteiger partial charge in [0.2, 0.25) is 5.78 Å². The highest BCUT2D eigenvalue weighted by atomic mass is 32.2. The van der Waals surface area contributed by atoms with Gasteiger partial charge in [-0.3, -0.25) is 14.9 Å². The van der Waals surface area contributed by atoms with E-state index in [1.807, 2.05) is 24.3 Å². The number of hydrogen-bond acceptors (Lipinski definition) is 6. The summed E-state index contributed by atoms with van der Waals surface area (Å²) >= 11 is 1.41. The summed E-state index contributed by atoms with van der Waals surface area (Å²) in [5.41, 5.74) is 2.27. The number of carbonyl (C=O) groups excluding carboxylic acids is 1. The van der Waals surface area contributed by atoms with Gasteiger partial charge in [-0.15, -0.1) is 0 Å². The number of allylic oxidation sites excluding steroid dienone is 1. The molecule has 1 fully saturated rings. The van der Waals surface area contributed by atoms with Crippen molar-refractivity contribution in [1.82, 2.24) is 0 Å². The molecule has 0 N–H and O–H groups in total. The molecule has 2 aliphatic rings. The quantitative estimate of drug-likeness (QED) is 0.467. The van der Waals surface area contributed by atoms with Crippen LogP contribution < -0.4 is 4.90 Å². The van der Waals surface area contributed by atoms with E-state index in [0.29, 0.717) is 29.2 Å². The maximum atomic E-state index is 12.7. The number of nitro benzene ring substituents is 1. The Hall–Kier alpha value is -2.64. The second kappa shape index (κ2) is 6.93. The summed E-state index contributed by atoms with van der Waals surface area (Å²) in [6.07, 6.45) is 1.77. The number of nitrogens with zero attached hydrogens (tertiary/aromatic N) is 2. The van der Waals surface area contributed by atoms with Gasteiger partial charge in [-0.25, -0.2) is 0 Å². The van der Waals surface area contributed by atoms with Crippen molar-refractivity contribution in [1.29, 1.82) is 0 Å². The molecule has 2 aromatic rings. The molecule has 4 rings (SSSR count). The van der Waals surface area contributed by atoms with Gasteiger partial charge in [-0.1, -0.05) is 23.9 Å². The highest BCUT2D eigenvalue weighted by Gasteiger charge is 2.26. The molecule has 0 radical (unpaired) electrons. The van der Waals surface area contributed by atoms with Crippen molar-refractivity contribution >= 4 is 35.0 Å². The van der Waals surface area contributed by atoms with Crippen LogP contribution >= 0.6 is 11.8 Å². The van der Waals surface area contributed by atoms with Crippen LogP contribution in [-0.2, 0) is 4.74 Å². The van der Waals surface area contributed by atoms with Crippen molar-refractivity contribution in [3.63, 3.8) is 0 Å². The third-order valence-corrected chi connectivity index (χ3v) is 5.53. The van der Waals surface area contributed by atoms with Crippen molar-refractivity contribution in [2.24, 2.45) is 0 Å². The Labute approximate surface area is 154 Å². The monoisotopic (exact) mass is 368 g/mol. The Morgan fingerprint density at radius 1 is 1.15 bits per heavy atom. The lowest BCUT2D eigenvalue weighted by atomic mass is 10.1. The first kappa shape index (κ1) is 16.8. The molecular weight excluding hydrogens is 352 g/mol. The number of nitro groups is 1. The number of morpholine rings is 1. The molecule has 6 nitrogen and oxygen atoms in total. The van der Waals surface area contributed by atoms with E-state index in [1.54, 1.807) is 12.1 Å². The molecule has 0 atom stereocenters. The number of rotatable bonds is 3. The highest BCUT2D eigenvalue weighted by molar-refractivity contribution is 8.04. The Balaban J connectivity index is 1.76. The number of ether oxygens (including phenoxy) is 1. The predicted octanol–water partition coefficient (Wildman–Crippen LogP) is 3.76. The number of non-ortho nitro benzene ring substituents is 1. The summed E-state index contributed by atoms with van der Waals surface area (Å²) in [5.74, 6) is -0.0370. The lowest BCUT2D eigenvalue weighted by molar-refractivity contribution is -0.384. The fraction of sp³-hybridized carbons (Fsp3) is 0.211. The van der Waals surface area contributed by atoms with Crippen LogP contribution in [0.1, 0.15) is 15.9 Å². The summed E-state index contributed by atoms with van der Waals surface area (Å²) in [5, 5.41) is 11.2. The Kier molecular flexibility index (Phi) is 4.48. The van der Waals surface area contributed by atoms with E-state index in [1.165, 1.54) is 23.9 Å². The van der Waals surface area contributed by atoms with Crippen LogP contribution in [0.15, 0.2) is 52.3 Å². The number of thioether (sulfide) groups is 1. The molecule has 0 aliphatic carbocycles. The molecule has 7 heteroatoms. The van der Waals surface area contributed by atoms with Crippen LogP contribution in [0.2, 0.25) is 0 Å². The molecule has 2 heterocycles. The van der Waals surface area contributed by atoms with Crippen molar-refractivity contribution in [2.75, 3.05) is 31.2 Å². The molecule has 1 saturated heterocycles. The van der Waals surface area contributed by atoms with Gasteiger partial charge < -0.3 is 9.64 Å². The van der Waals surface area contributed by atoms with E-state index in [-0.39, 0.29) is 11.5 Å². The molecular formula is C19H16N2O4S. The molecule has 0 amide bonds. The average molecular weight is 368 g/mol. The minimum absolute atomic E-state index is 0.0156. The first-order valence-corrected chi connectivity index (χ1v) is 9.09. The smallest absolute Gasteiger partial charge is 0.270 e. The lowest BCUT2D eigenvalue weighted by Crippen LogP contribution is -2.36. The summed E-state index contributed by atoms with van der Waals surface area (Å²) in [7, 11) is 0. The second-order valence-electron chi connectivity index (χ2n) is 6.04. The van der Waals surface area contributed by atoms with E-state index >= 15 is 0 Å². The van der Waals surface area contributed by atoms with E-state index < -0.39 is 4.92 Å². The van der Waals surface area contributed by atoms with Crippen LogP contribution in [0.25, 0.3) is 6.08 Å². The molecule has 0 saturated carbocycles. The zero-order valence-electron chi connectivity index (χ0n) is 13.9. The number of Topliss-reactive ketones (excluding diaryl/α,β-unsaturated/α-hetero) is 1. The third kappa shape index (κ3) is 3.11. The largest absolute Gasteiger partial charge is 0.378 e. The van der Waals surface area contributed by atoms with Crippen molar-refractivity contribution < 1.29 is 14.5 Å². The maximum Gasteiger partial charge on any atom is 0.270 e. The van der Waals surface area contributed by atoms with E-state index in [2.05, 4.69) is 4.90 Å². The molecule has 2 aliphatic heterocycles. The lowest BCUT2D eigenvalue weighted by Gasteiger charge is -2.30. The van der Waals surface area contributed by atoms with Crippen LogP contribution in [-0.4, -0.2) is 37.0 Å². The predicted molar refractivity (Wildman–Crippen MR) is 101 cm³/mol. The van der Waals surface area contributed by atoms with Crippen molar-refractivity contribution in [3.8, 4) is 0 Å². The zero-order valence-corrected chi connectivity index (χ0v) is 14.7.